The fourth-order valence-electron chi connectivity index (χ4n) is 2.40. The molecule has 1 amide bonds. The molecule has 1 N–H and O–H groups in total. The van der Waals surface area contributed by atoms with Crippen molar-refractivity contribution in [1.82, 2.24) is 10.2 Å². The van der Waals surface area contributed by atoms with Gasteiger partial charge >= 0.3 is 0 Å². The SMILES string of the molecule is CN1CCOC(C(=O)NC(C)(C)c2ccc([N+](=O)[O-])cc2)C1. The first kappa shape index (κ1) is 16.4. The van der Waals surface area contributed by atoms with E-state index in [9.17, 15) is 14.9 Å². The molecule has 0 saturated carbocycles. The number of nitrogens with zero attached hydrogens (tertiary/aromatic N) is 2. The largest absolute Gasteiger partial charge is 0.366 e. The molecular formula is C15H21N3O4. The van der Waals surface area contributed by atoms with Crippen LogP contribution in [-0.2, 0) is 15.1 Å². The van der Waals surface area contributed by atoms with Gasteiger partial charge in [-0.05, 0) is 38.6 Å². The fourth-order valence-corrected chi connectivity index (χ4v) is 2.40. The molecule has 1 aliphatic rings. The topological polar surface area (TPSA) is 84.7 Å². The third kappa shape index (κ3) is 3.80. The highest BCUT2D eigenvalue weighted by atomic mass is 16.6. The molecule has 1 aromatic carbocycles. The number of nitro benzene ring substituents is 1. The molecule has 1 fully saturated rings. The van der Waals surface area contributed by atoms with Gasteiger partial charge in [0.05, 0.1) is 17.1 Å². The molecule has 1 aromatic rings. The lowest BCUT2D eigenvalue weighted by molar-refractivity contribution is -0.384. The minimum atomic E-state index is -0.633. The minimum absolute atomic E-state index is 0.0307. The Hall–Kier alpha value is -1.99. The van der Waals surface area contributed by atoms with Crippen molar-refractivity contribution >= 4 is 11.6 Å². The Morgan fingerprint density at radius 1 is 1.41 bits per heavy atom. The number of carbonyl (C=O) groups excluding carboxylic acids is 1. The lowest BCUT2D eigenvalue weighted by Gasteiger charge is -2.33. The summed E-state index contributed by atoms with van der Waals surface area (Å²) in [5.74, 6) is -0.171. The number of hydrogen-bond acceptors (Lipinski definition) is 5. The average Bonchev–Trinajstić information content (AvgIpc) is 2.47. The molecule has 0 aliphatic carbocycles. The van der Waals surface area contributed by atoms with Gasteiger partial charge in [-0.2, -0.15) is 0 Å². The van der Waals surface area contributed by atoms with Crippen LogP contribution in [0.25, 0.3) is 0 Å². The number of rotatable bonds is 4. The zero-order valence-electron chi connectivity index (χ0n) is 13.0. The summed E-state index contributed by atoms with van der Waals surface area (Å²) in [5.41, 5.74) is 0.199. The maximum atomic E-state index is 12.3. The van der Waals surface area contributed by atoms with Crippen LogP contribution in [0, 0.1) is 10.1 Å². The Labute approximate surface area is 129 Å². The second-order valence-electron chi connectivity index (χ2n) is 6.04. The van der Waals surface area contributed by atoms with E-state index in [-0.39, 0.29) is 11.6 Å². The zero-order valence-corrected chi connectivity index (χ0v) is 13.0. The number of benzene rings is 1. The van der Waals surface area contributed by atoms with E-state index in [0.29, 0.717) is 13.2 Å². The summed E-state index contributed by atoms with van der Waals surface area (Å²) < 4.78 is 5.50. The molecule has 7 nitrogen and oxygen atoms in total. The fraction of sp³-hybridized carbons (Fsp3) is 0.533. The Morgan fingerprint density at radius 2 is 2.05 bits per heavy atom. The van der Waals surface area contributed by atoms with E-state index in [2.05, 4.69) is 5.32 Å². The predicted octanol–water partition coefficient (Wildman–Crippen LogP) is 1.28. The van der Waals surface area contributed by atoms with Crippen molar-refractivity contribution in [1.29, 1.82) is 0 Å². The average molecular weight is 307 g/mol. The van der Waals surface area contributed by atoms with Gasteiger partial charge in [0.25, 0.3) is 11.6 Å². The summed E-state index contributed by atoms with van der Waals surface area (Å²) in [5, 5.41) is 13.6. The van der Waals surface area contributed by atoms with Crippen molar-refractivity contribution in [2.24, 2.45) is 0 Å². The first-order valence-corrected chi connectivity index (χ1v) is 7.17. The number of nitrogens with one attached hydrogen (secondary N) is 1. The van der Waals surface area contributed by atoms with Crippen LogP contribution in [0.1, 0.15) is 19.4 Å². The van der Waals surface area contributed by atoms with Crippen molar-refractivity contribution in [2.45, 2.75) is 25.5 Å². The van der Waals surface area contributed by atoms with E-state index in [1.807, 2.05) is 25.8 Å². The summed E-state index contributed by atoms with van der Waals surface area (Å²) in [4.78, 5) is 24.6. The van der Waals surface area contributed by atoms with Gasteiger partial charge in [0.15, 0.2) is 0 Å². The molecule has 0 bridgehead atoms. The van der Waals surface area contributed by atoms with E-state index in [1.54, 1.807) is 12.1 Å². The van der Waals surface area contributed by atoms with Crippen LogP contribution in [0.4, 0.5) is 5.69 Å². The van der Waals surface area contributed by atoms with Crippen LogP contribution in [-0.4, -0.2) is 48.6 Å². The summed E-state index contributed by atoms with van der Waals surface area (Å²) in [7, 11) is 1.95. The van der Waals surface area contributed by atoms with Crippen LogP contribution >= 0.6 is 0 Å². The van der Waals surface area contributed by atoms with Crippen molar-refractivity contribution in [2.75, 3.05) is 26.7 Å². The summed E-state index contributed by atoms with van der Waals surface area (Å²) >= 11 is 0. The number of nitro groups is 1. The van der Waals surface area contributed by atoms with Gasteiger partial charge in [0, 0.05) is 25.2 Å². The van der Waals surface area contributed by atoms with E-state index in [1.165, 1.54) is 12.1 Å². The molecule has 1 atom stereocenters. The molecule has 0 radical (unpaired) electrons. The molecular weight excluding hydrogens is 286 g/mol. The molecule has 0 aromatic heterocycles. The number of non-ortho nitro benzene ring substituents is 1. The van der Waals surface area contributed by atoms with Gasteiger partial charge in [-0.1, -0.05) is 0 Å². The summed E-state index contributed by atoms with van der Waals surface area (Å²) in [6.07, 6.45) is -0.490. The van der Waals surface area contributed by atoms with Crippen molar-refractivity contribution in [3.05, 3.63) is 39.9 Å². The number of morpholine rings is 1. The third-order valence-electron chi connectivity index (χ3n) is 3.80. The smallest absolute Gasteiger partial charge is 0.269 e. The van der Waals surface area contributed by atoms with Crippen LogP contribution in [0.5, 0.6) is 0 Å². The second kappa shape index (κ2) is 6.41. The molecule has 7 heteroatoms. The number of amides is 1. The van der Waals surface area contributed by atoms with Crippen molar-refractivity contribution in [3.63, 3.8) is 0 Å². The highest BCUT2D eigenvalue weighted by molar-refractivity contribution is 5.82. The van der Waals surface area contributed by atoms with Gasteiger partial charge in [-0.15, -0.1) is 0 Å². The standard InChI is InChI=1S/C15H21N3O4/c1-15(2,11-4-6-12(7-5-11)18(20)21)16-14(19)13-10-17(3)8-9-22-13/h4-7,13H,8-10H2,1-3H3,(H,16,19). The first-order chi connectivity index (χ1) is 10.3. The first-order valence-electron chi connectivity index (χ1n) is 7.17. The number of hydrogen-bond donors (Lipinski definition) is 1. The summed E-state index contributed by atoms with van der Waals surface area (Å²) in [6, 6.07) is 6.20. The van der Waals surface area contributed by atoms with Gasteiger partial charge in [0.2, 0.25) is 0 Å². The highest BCUT2D eigenvalue weighted by Crippen LogP contribution is 2.23. The van der Waals surface area contributed by atoms with Crippen LogP contribution in [0.2, 0.25) is 0 Å². The molecule has 1 saturated heterocycles. The maximum absolute atomic E-state index is 12.3. The molecule has 0 spiro atoms. The molecule has 120 valence electrons. The minimum Gasteiger partial charge on any atom is -0.366 e. The van der Waals surface area contributed by atoms with Gasteiger partial charge < -0.3 is 15.0 Å². The number of ether oxygens (including phenoxy) is 1. The molecule has 22 heavy (non-hydrogen) atoms. The third-order valence-corrected chi connectivity index (χ3v) is 3.80. The van der Waals surface area contributed by atoms with Gasteiger partial charge in [-0.25, -0.2) is 0 Å². The van der Waals surface area contributed by atoms with E-state index in [0.717, 1.165) is 12.1 Å². The molecule has 1 aliphatic heterocycles. The van der Waals surface area contributed by atoms with E-state index < -0.39 is 16.6 Å². The summed E-state index contributed by atoms with van der Waals surface area (Å²) in [6.45, 7) is 5.63. The molecule has 1 unspecified atom stereocenters. The van der Waals surface area contributed by atoms with E-state index >= 15 is 0 Å². The second-order valence-corrected chi connectivity index (χ2v) is 6.04. The Balaban J connectivity index is 2.06. The molecule has 1 heterocycles. The number of likely N-dealkylation sites (N-methyl/N-ethyl adjacent to an activating group) is 1. The Bertz CT molecular complexity index is 556. The van der Waals surface area contributed by atoms with Gasteiger partial charge in [0.1, 0.15) is 6.10 Å². The molecule has 2 rings (SSSR count). The quantitative estimate of drug-likeness (QED) is 0.669. The highest BCUT2D eigenvalue weighted by Gasteiger charge is 2.30. The zero-order chi connectivity index (χ0) is 16.3. The normalized spacial score (nSPS) is 19.7. The predicted molar refractivity (Wildman–Crippen MR) is 81.5 cm³/mol. The Kier molecular flexibility index (Phi) is 4.77. The van der Waals surface area contributed by atoms with Crippen LogP contribution < -0.4 is 5.32 Å². The van der Waals surface area contributed by atoms with Gasteiger partial charge in [-0.3, -0.25) is 14.9 Å². The van der Waals surface area contributed by atoms with Crippen molar-refractivity contribution < 1.29 is 14.5 Å². The monoisotopic (exact) mass is 307 g/mol. The van der Waals surface area contributed by atoms with Crippen LogP contribution in [0.3, 0.4) is 0 Å². The lowest BCUT2D eigenvalue weighted by atomic mass is 9.93. The maximum Gasteiger partial charge on any atom is 0.269 e. The number of carbonyl (C=O) groups is 1. The van der Waals surface area contributed by atoms with Crippen molar-refractivity contribution in [3.8, 4) is 0 Å². The lowest BCUT2D eigenvalue weighted by Crippen LogP contribution is -2.52. The Morgan fingerprint density at radius 3 is 2.59 bits per heavy atom. The van der Waals surface area contributed by atoms with E-state index in [4.69, 9.17) is 4.74 Å². The van der Waals surface area contributed by atoms with Crippen LogP contribution in [0.15, 0.2) is 24.3 Å².